The Hall–Kier alpha value is -3.57. The van der Waals surface area contributed by atoms with Crippen molar-refractivity contribution >= 4 is 28.8 Å². The molecule has 2 N–H and O–H groups in total. The van der Waals surface area contributed by atoms with Crippen molar-refractivity contribution in [1.29, 1.82) is 0 Å². The number of halogens is 1. The van der Waals surface area contributed by atoms with Crippen LogP contribution in [0.2, 0.25) is 0 Å². The maximum Gasteiger partial charge on any atom is 0.257 e. The number of rotatable bonds is 8. The minimum Gasteiger partial charge on any atom is -0.476 e. The molecule has 0 atom stereocenters. The molecule has 2 amide bonds. The number of amides is 2. The van der Waals surface area contributed by atoms with E-state index in [4.69, 9.17) is 9.72 Å². The van der Waals surface area contributed by atoms with Crippen molar-refractivity contribution in [1.82, 2.24) is 29.7 Å². The van der Waals surface area contributed by atoms with Gasteiger partial charge in [-0.2, -0.15) is 0 Å². The van der Waals surface area contributed by atoms with Crippen LogP contribution < -0.4 is 15.4 Å². The second kappa shape index (κ2) is 13.2. The van der Waals surface area contributed by atoms with Crippen LogP contribution in [0.4, 0.5) is 10.3 Å². The average Bonchev–Trinajstić information content (AvgIpc) is 3.39. The van der Waals surface area contributed by atoms with Crippen LogP contribution in [0, 0.1) is 11.7 Å². The van der Waals surface area contributed by atoms with Gasteiger partial charge in [0, 0.05) is 56.3 Å². The third-order valence-corrected chi connectivity index (χ3v) is 8.83. The van der Waals surface area contributed by atoms with Crippen molar-refractivity contribution in [2.24, 2.45) is 5.92 Å². The van der Waals surface area contributed by atoms with Crippen molar-refractivity contribution in [3.63, 3.8) is 0 Å². The number of aromatic nitrogens is 3. The Morgan fingerprint density at radius 1 is 1.00 bits per heavy atom. The molecule has 1 aromatic carbocycles. The molecule has 10 nitrogen and oxygen atoms in total. The summed E-state index contributed by atoms with van der Waals surface area (Å²) in [5, 5.41) is 6.27. The van der Waals surface area contributed by atoms with Gasteiger partial charge in [0.1, 0.15) is 17.9 Å². The van der Waals surface area contributed by atoms with E-state index in [1.54, 1.807) is 6.20 Å². The fraction of sp³-hybridized carbons (Fsp3) is 0.548. The molecule has 11 heteroatoms. The van der Waals surface area contributed by atoms with Crippen LogP contribution in [0.5, 0.6) is 5.88 Å². The highest BCUT2D eigenvalue weighted by Crippen LogP contribution is 2.38. The molecule has 2 aromatic heterocycles. The number of nitrogens with one attached hydrogen (secondary N) is 2. The SMILES string of the molecule is O=C(Nc1nc2cnc(OCCN3CCCCC3)cc2n1C1CCC(C(=O)N2CCNCC2)CC1)c1ccc(F)cc1. The number of hydrogen-bond acceptors (Lipinski definition) is 7. The molecule has 0 unspecified atom stereocenters. The molecule has 3 fully saturated rings. The second-order valence-corrected chi connectivity index (χ2v) is 11.6. The number of hydrogen-bond donors (Lipinski definition) is 2. The lowest BCUT2D eigenvalue weighted by atomic mass is 9.84. The van der Waals surface area contributed by atoms with E-state index in [0.29, 0.717) is 29.5 Å². The standard InChI is InChI=1S/C31H40FN7O3/c32-24-8-4-22(5-9-24)29(40)36-31-35-26-21-34-28(42-19-18-37-14-2-1-3-15-37)20-27(26)39(31)25-10-6-23(7-11-25)30(41)38-16-12-33-13-17-38/h4-5,8-9,20-21,23,25,33H,1-3,6-7,10-19H2,(H,35,36,40). The van der Waals surface area contributed by atoms with Crippen LogP contribution >= 0.6 is 0 Å². The van der Waals surface area contributed by atoms with E-state index in [0.717, 1.165) is 77.0 Å². The number of fused-ring (bicyclic) bond motifs is 1. The number of carbonyl (C=O) groups is 2. The number of carbonyl (C=O) groups excluding carboxylic acids is 2. The maximum atomic E-state index is 13.5. The Labute approximate surface area is 245 Å². The van der Waals surface area contributed by atoms with Crippen LogP contribution in [0.25, 0.3) is 11.0 Å². The maximum absolute atomic E-state index is 13.5. The number of piperazine rings is 1. The zero-order valence-electron chi connectivity index (χ0n) is 24.1. The molecule has 1 aliphatic carbocycles. The van der Waals surface area contributed by atoms with Crippen LogP contribution in [0.15, 0.2) is 36.5 Å². The van der Waals surface area contributed by atoms with E-state index in [9.17, 15) is 14.0 Å². The van der Waals surface area contributed by atoms with E-state index >= 15 is 0 Å². The first-order chi connectivity index (χ1) is 20.5. The zero-order chi connectivity index (χ0) is 28.9. The Morgan fingerprint density at radius 3 is 2.48 bits per heavy atom. The summed E-state index contributed by atoms with van der Waals surface area (Å²) in [6.07, 6.45) is 8.60. The van der Waals surface area contributed by atoms with Crippen LogP contribution in [0.3, 0.4) is 0 Å². The minimum atomic E-state index is -0.398. The van der Waals surface area contributed by atoms with E-state index in [1.807, 2.05) is 11.0 Å². The molecular formula is C31H40FN7O3. The van der Waals surface area contributed by atoms with Gasteiger partial charge < -0.3 is 19.5 Å². The minimum absolute atomic E-state index is 0.0155. The fourth-order valence-corrected chi connectivity index (χ4v) is 6.48. The van der Waals surface area contributed by atoms with Crippen molar-refractivity contribution in [2.45, 2.75) is 51.0 Å². The summed E-state index contributed by atoms with van der Waals surface area (Å²) in [5.74, 6) is 0.457. The van der Waals surface area contributed by atoms with E-state index in [-0.39, 0.29) is 23.8 Å². The highest BCUT2D eigenvalue weighted by Gasteiger charge is 2.32. The quantitative estimate of drug-likeness (QED) is 0.419. The first-order valence-electron chi connectivity index (χ1n) is 15.3. The molecule has 3 aromatic rings. The fourth-order valence-electron chi connectivity index (χ4n) is 6.48. The van der Waals surface area contributed by atoms with E-state index in [2.05, 4.69) is 25.1 Å². The largest absolute Gasteiger partial charge is 0.476 e. The predicted octanol–water partition coefficient (Wildman–Crippen LogP) is 3.85. The van der Waals surface area contributed by atoms with Crippen molar-refractivity contribution in [2.75, 3.05) is 57.7 Å². The number of likely N-dealkylation sites (tertiary alicyclic amines) is 1. The van der Waals surface area contributed by atoms with Crippen LogP contribution in [-0.4, -0.2) is 88.6 Å². The number of pyridine rings is 1. The molecule has 4 heterocycles. The molecule has 42 heavy (non-hydrogen) atoms. The number of ether oxygens (including phenoxy) is 1. The lowest BCUT2D eigenvalue weighted by molar-refractivity contribution is -0.137. The predicted molar refractivity (Wildman–Crippen MR) is 158 cm³/mol. The van der Waals surface area contributed by atoms with Crippen molar-refractivity contribution in [3.8, 4) is 5.88 Å². The zero-order valence-corrected chi connectivity index (χ0v) is 24.1. The molecule has 0 spiro atoms. The summed E-state index contributed by atoms with van der Waals surface area (Å²) in [4.78, 5) is 40.0. The van der Waals surface area contributed by atoms with E-state index in [1.165, 1.54) is 43.5 Å². The number of benzene rings is 1. The monoisotopic (exact) mass is 577 g/mol. The third-order valence-electron chi connectivity index (χ3n) is 8.83. The molecule has 2 aliphatic heterocycles. The summed E-state index contributed by atoms with van der Waals surface area (Å²) in [5.41, 5.74) is 1.84. The summed E-state index contributed by atoms with van der Waals surface area (Å²) < 4.78 is 21.6. The average molecular weight is 578 g/mol. The molecule has 6 rings (SSSR count). The van der Waals surface area contributed by atoms with Gasteiger partial charge in [-0.05, 0) is 75.9 Å². The first-order valence-corrected chi connectivity index (χ1v) is 15.3. The van der Waals surface area contributed by atoms with Gasteiger partial charge in [0.15, 0.2) is 0 Å². The normalized spacial score (nSPS) is 21.8. The highest BCUT2D eigenvalue weighted by atomic mass is 19.1. The number of imidazole rings is 1. The highest BCUT2D eigenvalue weighted by molar-refractivity contribution is 6.04. The summed E-state index contributed by atoms with van der Waals surface area (Å²) in [6.45, 7) is 6.85. The van der Waals surface area contributed by atoms with Crippen molar-refractivity contribution in [3.05, 3.63) is 47.9 Å². The first kappa shape index (κ1) is 28.5. The number of piperidine rings is 1. The Kier molecular flexibility index (Phi) is 8.95. The van der Waals surface area contributed by atoms with Gasteiger partial charge in [-0.1, -0.05) is 6.42 Å². The summed E-state index contributed by atoms with van der Waals surface area (Å²) >= 11 is 0. The molecule has 224 valence electrons. The van der Waals surface area contributed by atoms with Gasteiger partial charge in [-0.15, -0.1) is 0 Å². The summed E-state index contributed by atoms with van der Waals surface area (Å²) in [7, 11) is 0. The van der Waals surface area contributed by atoms with Crippen LogP contribution in [-0.2, 0) is 4.79 Å². The van der Waals surface area contributed by atoms with Crippen LogP contribution in [0.1, 0.15) is 61.3 Å². The van der Waals surface area contributed by atoms with Crippen molar-refractivity contribution < 1.29 is 18.7 Å². The molecule has 3 aliphatic rings. The molecule has 0 radical (unpaired) electrons. The Bertz CT molecular complexity index is 1380. The molecule has 0 bridgehead atoms. The second-order valence-electron chi connectivity index (χ2n) is 11.6. The Balaban J connectivity index is 1.21. The number of anilines is 1. The van der Waals surface area contributed by atoms with Gasteiger partial charge in [0.25, 0.3) is 5.91 Å². The van der Waals surface area contributed by atoms with E-state index < -0.39 is 5.82 Å². The van der Waals surface area contributed by atoms with Gasteiger partial charge in [-0.25, -0.2) is 14.4 Å². The third kappa shape index (κ3) is 6.57. The molecule has 1 saturated carbocycles. The summed E-state index contributed by atoms with van der Waals surface area (Å²) in [6, 6.07) is 7.41. The van der Waals surface area contributed by atoms with Gasteiger partial charge in [-0.3, -0.25) is 19.8 Å². The topological polar surface area (TPSA) is 105 Å². The van der Waals surface area contributed by atoms with Gasteiger partial charge >= 0.3 is 0 Å². The smallest absolute Gasteiger partial charge is 0.257 e. The Morgan fingerprint density at radius 2 is 1.74 bits per heavy atom. The van der Waals surface area contributed by atoms with Gasteiger partial charge in [0.05, 0.1) is 11.7 Å². The molecule has 2 saturated heterocycles. The molecular weight excluding hydrogens is 537 g/mol. The number of nitrogens with zero attached hydrogens (tertiary/aromatic N) is 5. The lowest BCUT2D eigenvalue weighted by Gasteiger charge is -2.35. The lowest BCUT2D eigenvalue weighted by Crippen LogP contribution is -2.48. The van der Waals surface area contributed by atoms with Gasteiger partial charge in [0.2, 0.25) is 17.7 Å².